The number of hydrogen-bond acceptors (Lipinski definition) is 4. The lowest BCUT2D eigenvalue weighted by atomic mass is 10.0. The van der Waals surface area contributed by atoms with Crippen LogP contribution in [0.5, 0.6) is 0 Å². The topological polar surface area (TPSA) is 64.0 Å². The molecule has 6 heteroatoms. The number of nitrogens with one attached hydrogen (secondary N) is 1. The fourth-order valence-corrected chi connectivity index (χ4v) is 4.59. The van der Waals surface area contributed by atoms with E-state index in [9.17, 15) is 9.59 Å². The summed E-state index contributed by atoms with van der Waals surface area (Å²) in [5.74, 6) is 0.229. The molecule has 4 aromatic rings. The fourth-order valence-electron chi connectivity index (χ4n) is 3.79. The zero-order valence-corrected chi connectivity index (χ0v) is 20.1. The summed E-state index contributed by atoms with van der Waals surface area (Å²) in [5, 5.41) is 4.05. The highest BCUT2D eigenvalue weighted by Gasteiger charge is 2.18. The van der Waals surface area contributed by atoms with E-state index >= 15 is 0 Å². The minimum atomic E-state index is -0.139. The second-order valence-corrected chi connectivity index (χ2v) is 9.36. The van der Waals surface area contributed by atoms with Crippen molar-refractivity contribution in [2.75, 3.05) is 11.1 Å². The summed E-state index contributed by atoms with van der Waals surface area (Å²) >= 11 is 1.27. The van der Waals surface area contributed by atoms with Crippen LogP contribution >= 0.6 is 11.8 Å². The number of carbonyl (C=O) groups is 1. The first-order valence-electron chi connectivity index (χ1n) is 11.0. The molecule has 0 aliphatic heterocycles. The molecule has 0 bridgehead atoms. The van der Waals surface area contributed by atoms with Gasteiger partial charge >= 0.3 is 0 Å². The molecule has 0 saturated carbocycles. The van der Waals surface area contributed by atoms with E-state index in [0.717, 1.165) is 28.1 Å². The van der Waals surface area contributed by atoms with Gasteiger partial charge in [0.15, 0.2) is 5.16 Å². The Hall–Kier alpha value is -3.38. The third-order valence-electron chi connectivity index (χ3n) is 5.54. The molecule has 5 nitrogen and oxygen atoms in total. The molecule has 1 amide bonds. The Bertz CT molecular complexity index is 1390. The SMILES string of the molecule is Cc1ccc(C)c(NC(=O)CSc2nc3ccccc3c(=O)n2-c2ccccc2C(C)C)c1. The number of thioether (sulfide) groups is 1. The summed E-state index contributed by atoms with van der Waals surface area (Å²) < 4.78 is 1.65. The van der Waals surface area contributed by atoms with E-state index in [1.807, 2.05) is 74.5 Å². The van der Waals surface area contributed by atoms with Crippen LogP contribution in [0, 0.1) is 13.8 Å². The fraction of sp³-hybridized carbons (Fsp3) is 0.222. The first-order chi connectivity index (χ1) is 15.8. The maximum atomic E-state index is 13.6. The zero-order valence-electron chi connectivity index (χ0n) is 19.3. The van der Waals surface area contributed by atoms with Gasteiger partial charge in [0.25, 0.3) is 5.56 Å². The first-order valence-corrected chi connectivity index (χ1v) is 11.9. The molecule has 0 atom stereocenters. The predicted octanol–water partition coefficient (Wildman–Crippen LogP) is 5.86. The number of amides is 1. The number of fused-ring (bicyclic) bond motifs is 1. The molecule has 3 aromatic carbocycles. The van der Waals surface area contributed by atoms with Crippen LogP contribution in [0.3, 0.4) is 0 Å². The molecule has 0 saturated heterocycles. The molecular formula is C27H27N3O2S. The van der Waals surface area contributed by atoms with E-state index in [1.54, 1.807) is 10.6 Å². The van der Waals surface area contributed by atoms with Crippen LogP contribution in [-0.2, 0) is 4.79 Å². The molecule has 1 N–H and O–H groups in total. The Morgan fingerprint density at radius 3 is 2.55 bits per heavy atom. The molecule has 0 aliphatic rings. The van der Waals surface area contributed by atoms with Crippen molar-refractivity contribution in [3.8, 4) is 5.69 Å². The summed E-state index contributed by atoms with van der Waals surface area (Å²) in [6.07, 6.45) is 0. The van der Waals surface area contributed by atoms with Gasteiger partial charge in [0.1, 0.15) is 0 Å². The van der Waals surface area contributed by atoms with Crippen molar-refractivity contribution in [3.63, 3.8) is 0 Å². The number of carbonyl (C=O) groups excluding carboxylic acids is 1. The van der Waals surface area contributed by atoms with Gasteiger partial charge in [-0.05, 0) is 60.7 Å². The Morgan fingerprint density at radius 2 is 1.76 bits per heavy atom. The second kappa shape index (κ2) is 9.63. The van der Waals surface area contributed by atoms with Crippen LogP contribution in [0.25, 0.3) is 16.6 Å². The minimum absolute atomic E-state index is 0.133. The maximum Gasteiger partial charge on any atom is 0.266 e. The van der Waals surface area contributed by atoms with Crippen LogP contribution < -0.4 is 10.9 Å². The van der Waals surface area contributed by atoms with Crippen molar-refractivity contribution in [1.29, 1.82) is 0 Å². The van der Waals surface area contributed by atoms with E-state index < -0.39 is 0 Å². The lowest BCUT2D eigenvalue weighted by Gasteiger charge is -2.18. The molecule has 168 valence electrons. The van der Waals surface area contributed by atoms with Crippen LogP contribution in [0.4, 0.5) is 5.69 Å². The van der Waals surface area contributed by atoms with Crippen molar-refractivity contribution in [2.24, 2.45) is 0 Å². The highest BCUT2D eigenvalue weighted by molar-refractivity contribution is 7.99. The molecule has 0 aliphatic carbocycles. The summed E-state index contributed by atoms with van der Waals surface area (Å²) in [6.45, 7) is 8.16. The number of hydrogen-bond donors (Lipinski definition) is 1. The van der Waals surface area contributed by atoms with Gasteiger partial charge in [-0.2, -0.15) is 0 Å². The van der Waals surface area contributed by atoms with E-state index in [-0.39, 0.29) is 23.1 Å². The van der Waals surface area contributed by atoms with Gasteiger partial charge in [-0.3, -0.25) is 14.2 Å². The first kappa shape index (κ1) is 22.8. The normalized spacial score (nSPS) is 11.2. The van der Waals surface area contributed by atoms with Crippen LogP contribution in [0.2, 0.25) is 0 Å². The van der Waals surface area contributed by atoms with Crippen molar-refractivity contribution in [1.82, 2.24) is 9.55 Å². The van der Waals surface area contributed by atoms with Crippen LogP contribution in [-0.4, -0.2) is 21.2 Å². The maximum absolute atomic E-state index is 13.6. The summed E-state index contributed by atoms with van der Waals surface area (Å²) in [5.41, 5.74) is 5.23. The van der Waals surface area contributed by atoms with Gasteiger partial charge < -0.3 is 5.32 Å². The molecular weight excluding hydrogens is 430 g/mol. The van der Waals surface area contributed by atoms with E-state index in [4.69, 9.17) is 4.98 Å². The summed E-state index contributed by atoms with van der Waals surface area (Å²) in [6, 6.07) is 21.2. The van der Waals surface area contributed by atoms with Gasteiger partial charge in [0.2, 0.25) is 5.91 Å². The Morgan fingerprint density at radius 1 is 1.03 bits per heavy atom. The number of aryl methyl sites for hydroxylation is 2. The Balaban J connectivity index is 1.73. The van der Waals surface area contributed by atoms with Crippen molar-refractivity contribution in [2.45, 2.75) is 38.8 Å². The third-order valence-corrected chi connectivity index (χ3v) is 6.48. The van der Waals surface area contributed by atoms with Crippen molar-refractivity contribution >= 4 is 34.3 Å². The molecule has 33 heavy (non-hydrogen) atoms. The van der Waals surface area contributed by atoms with Gasteiger partial charge in [0, 0.05) is 5.69 Å². The number of nitrogens with zero attached hydrogens (tertiary/aromatic N) is 2. The second-order valence-electron chi connectivity index (χ2n) is 8.42. The van der Waals surface area contributed by atoms with E-state index in [1.165, 1.54) is 11.8 Å². The minimum Gasteiger partial charge on any atom is -0.325 e. The predicted molar refractivity (Wildman–Crippen MR) is 137 cm³/mol. The molecule has 0 fully saturated rings. The average molecular weight is 458 g/mol. The number of rotatable bonds is 6. The van der Waals surface area contributed by atoms with Gasteiger partial charge in [-0.15, -0.1) is 0 Å². The summed E-state index contributed by atoms with van der Waals surface area (Å²) in [4.78, 5) is 31.1. The van der Waals surface area contributed by atoms with E-state index in [2.05, 4.69) is 19.2 Å². The standard InChI is InChI=1S/C27H27N3O2S/c1-17(2)20-9-6-8-12-24(20)30-26(32)21-10-5-7-11-22(21)29-27(30)33-16-25(31)28-23-15-18(3)13-14-19(23)4/h5-15,17H,16H2,1-4H3,(H,28,31). The number of aromatic nitrogens is 2. The molecule has 4 rings (SSSR count). The van der Waals surface area contributed by atoms with Gasteiger partial charge in [-0.1, -0.05) is 68.1 Å². The van der Waals surface area contributed by atoms with Crippen LogP contribution in [0.15, 0.2) is 76.7 Å². The lowest BCUT2D eigenvalue weighted by Crippen LogP contribution is -2.24. The van der Waals surface area contributed by atoms with E-state index in [0.29, 0.717) is 16.1 Å². The number of benzene rings is 3. The van der Waals surface area contributed by atoms with Crippen LogP contribution in [0.1, 0.15) is 36.5 Å². The van der Waals surface area contributed by atoms with Gasteiger partial charge in [-0.25, -0.2) is 4.98 Å². The highest BCUT2D eigenvalue weighted by Crippen LogP contribution is 2.27. The number of para-hydroxylation sites is 2. The molecule has 1 aromatic heterocycles. The Kier molecular flexibility index (Phi) is 6.65. The lowest BCUT2D eigenvalue weighted by molar-refractivity contribution is -0.113. The molecule has 0 unspecified atom stereocenters. The third kappa shape index (κ3) is 4.86. The van der Waals surface area contributed by atoms with Crippen molar-refractivity contribution in [3.05, 3.63) is 93.8 Å². The zero-order chi connectivity index (χ0) is 23.5. The summed E-state index contributed by atoms with van der Waals surface area (Å²) in [7, 11) is 0. The molecule has 0 radical (unpaired) electrons. The average Bonchev–Trinajstić information content (AvgIpc) is 2.80. The smallest absolute Gasteiger partial charge is 0.266 e. The largest absolute Gasteiger partial charge is 0.325 e. The highest BCUT2D eigenvalue weighted by atomic mass is 32.2. The Labute approximate surface area is 197 Å². The monoisotopic (exact) mass is 457 g/mol. The molecule has 1 heterocycles. The van der Waals surface area contributed by atoms with Crippen molar-refractivity contribution < 1.29 is 4.79 Å². The van der Waals surface area contributed by atoms with Gasteiger partial charge in [0.05, 0.1) is 22.3 Å². The molecule has 0 spiro atoms. The number of anilines is 1. The quantitative estimate of drug-likeness (QED) is 0.291.